The second-order valence-corrected chi connectivity index (χ2v) is 5.30. The van der Waals surface area contributed by atoms with Gasteiger partial charge in [-0.05, 0) is 30.7 Å². The Labute approximate surface area is 90.1 Å². The van der Waals surface area contributed by atoms with Crippen LogP contribution in [0.3, 0.4) is 0 Å². The molecule has 2 heteroatoms. The molecule has 1 aromatic rings. The van der Waals surface area contributed by atoms with Gasteiger partial charge in [-0.25, -0.2) is 0 Å². The summed E-state index contributed by atoms with van der Waals surface area (Å²) in [4.78, 5) is 0. The molecule has 0 spiro atoms. The average molecular weight is 207 g/mol. The monoisotopic (exact) mass is 207 g/mol. The zero-order valence-corrected chi connectivity index (χ0v) is 9.60. The van der Waals surface area contributed by atoms with Crippen molar-refractivity contribution in [2.45, 2.75) is 30.4 Å². The summed E-state index contributed by atoms with van der Waals surface area (Å²) in [6, 6.07) is 8.31. The number of anilines is 1. The molecule has 0 bridgehead atoms. The lowest BCUT2D eigenvalue weighted by molar-refractivity contribution is 0.685. The number of benzene rings is 1. The molecular formula is C12H17NS. The summed E-state index contributed by atoms with van der Waals surface area (Å²) in [6.07, 6.45) is 4.77. The minimum Gasteiger partial charge on any atom is -0.398 e. The van der Waals surface area contributed by atoms with Crippen molar-refractivity contribution < 1.29 is 0 Å². The molecule has 1 aromatic carbocycles. The molecule has 2 N–H and O–H groups in total. The molecule has 14 heavy (non-hydrogen) atoms. The van der Waals surface area contributed by atoms with Crippen LogP contribution in [-0.2, 0) is 5.41 Å². The summed E-state index contributed by atoms with van der Waals surface area (Å²) in [6.45, 7) is 2.31. The van der Waals surface area contributed by atoms with Gasteiger partial charge in [0.15, 0.2) is 0 Å². The van der Waals surface area contributed by atoms with E-state index in [1.165, 1.54) is 18.4 Å². The molecule has 0 aromatic heterocycles. The number of thioether (sulfide) groups is 1. The zero-order valence-electron chi connectivity index (χ0n) is 8.79. The highest BCUT2D eigenvalue weighted by atomic mass is 32.2. The van der Waals surface area contributed by atoms with Gasteiger partial charge in [0.05, 0.1) is 0 Å². The molecule has 0 radical (unpaired) electrons. The number of hydrogen-bond acceptors (Lipinski definition) is 2. The summed E-state index contributed by atoms with van der Waals surface area (Å²) in [7, 11) is 0. The molecule has 2 rings (SSSR count). The van der Waals surface area contributed by atoms with Crippen molar-refractivity contribution in [2.75, 3.05) is 12.0 Å². The maximum absolute atomic E-state index is 6.03. The Morgan fingerprint density at radius 2 is 2.00 bits per heavy atom. The van der Waals surface area contributed by atoms with E-state index in [-0.39, 0.29) is 0 Å². The molecule has 0 saturated heterocycles. The Balaban J connectivity index is 2.35. The van der Waals surface area contributed by atoms with Gasteiger partial charge in [-0.2, -0.15) is 11.8 Å². The van der Waals surface area contributed by atoms with Gasteiger partial charge in [0, 0.05) is 16.4 Å². The van der Waals surface area contributed by atoms with Crippen molar-refractivity contribution in [1.29, 1.82) is 0 Å². The standard InChI is InChI=1S/C12H17NS/c1-9(14-2)12(7-8-12)10-5-3-4-6-11(10)13/h3-6,9H,7-8,13H2,1-2H3. The predicted molar refractivity (Wildman–Crippen MR) is 64.7 cm³/mol. The molecule has 0 aliphatic heterocycles. The Morgan fingerprint density at radius 1 is 1.36 bits per heavy atom. The highest BCUT2D eigenvalue weighted by molar-refractivity contribution is 7.99. The van der Waals surface area contributed by atoms with Crippen LogP contribution in [0.4, 0.5) is 5.69 Å². The number of hydrogen-bond donors (Lipinski definition) is 1. The quantitative estimate of drug-likeness (QED) is 0.771. The van der Waals surface area contributed by atoms with Crippen molar-refractivity contribution >= 4 is 17.4 Å². The van der Waals surface area contributed by atoms with Crippen molar-refractivity contribution in [3.63, 3.8) is 0 Å². The summed E-state index contributed by atoms with van der Waals surface area (Å²) in [5.41, 5.74) is 8.74. The summed E-state index contributed by atoms with van der Waals surface area (Å²) >= 11 is 1.94. The van der Waals surface area contributed by atoms with Crippen molar-refractivity contribution in [2.24, 2.45) is 0 Å². The zero-order chi connectivity index (χ0) is 10.2. The number of nitrogen functional groups attached to an aromatic ring is 1. The van der Waals surface area contributed by atoms with Gasteiger partial charge >= 0.3 is 0 Å². The van der Waals surface area contributed by atoms with Crippen molar-refractivity contribution in [3.8, 4) is 0 Å². The van der Waals surface area contributed by atoms with E-state index >= 15 is 0 Å². The molecule has 1 atom stereocenters. The molecule has 1 fully saturated rings. The van der Waals surface area contributed by atoms with Crippen LogP contribution < -0.4 is 5.73 Å². The van der Waals surface area contributed by atoms with E-state index in [2.05, 4.69) is 25.3 Å². The molecule has 1 unspecified atom stereocenters. The maximum Gasteiger partial charge on any atom is 0.0352 e. The lowest BCUT2D eigenvalue weighted by Crippen LogP contribution is -2.21. The van der Waals surface area contributed by atoms with Crippen LogP contribution in [0.15, 0.2) is 24.3 Å². The normalized spacial score (nSPS) is 20.4. The largest absolute Gasteiger partial charge is 0.398 e. The Bertz CT molecular complexity index is 331. The first-order valence-corrected chi connectivity index (χ1v) is 6.37. The Hall–Kier alpha value is -0.630. The van der Waals surface area contributed by atoms with Crippen molar-refractivity contribution in [3.05, 3.63) is 29.8 Å². The molecule has 1 saturated carbocycles. The van der Waals surface area contributed by atoms with Gasteiger partial charge in [0.2, 0.25) is 0 Å². The molecule has 0 heterocycles. The van der Waals surface area contributed by atoms with Gasteiger partial charge in [-0.1, -0.05) is 25.1 Å². The van der Waals surface area contributed by atoms with E-state index in [9.17, 15) is 0 Å². The van der Waals surface area contributed by atoms with Gasteiger partial charge in [0.1, 0.15) is 0 Å². The smallest absolute Gasteiger partial charge is 0.0352 e. The first kappa shape index (κ1) is 9.91. The molecule has 0 amide bonds. The molecule has 1 nitrogen and oxygen atoms in total. The third kappa shape index (κ3) is 1.42. The van der Waals surface area contributed by atoms with E-state index in [1.54, 1.807) is 0 Å². The van der Waals surface area contributed by atoms with Crippen LogP contribution >= 0.6 is 11.8 Å². The van der Waals surface area contributed by atoms with Crippen LogP contribution in [-0.4, -0.2) is 11.5 Å². The van der Waals surface area contributed by atoms with E-state index in [1.807, 2.05) is 23.9 Å². The topological polar surface area (TPSA) is 26.0 Å². The van der Waals surface area contributed by atoms with E-state index in [4.69, 9.17) is 5.73 Å². The average Bonchev–Trinajstić information content (AvgIpc) is 2.98. The second-order valence-electron chi connectivity index (χ2n) is 4.12. The first-order chi connectivity index (χ1) is 6.70. The van der Waals surface area contributed by atoms with Gasteiger partial charge < -0.3 is 5.73 Å². The fraction of sp³-hybridized carbons (Fsp3) is 0.500. The van der Waals surface area contributed by atoms with Gasteiger partial charge in [0.25, 0.3) is 0 Å². The highest BCUT2D eigenvalue weighted by Crippen LogP contribution is 2.55. The third-order valence-electron chi connectivity index (χ3n) is 3.42. The molecule has 1 aliphatic carbocycles. The SMILES string of the molecule is CSC(C)C1(c2ccccc2N)CC1. The molecule has 1 aliphatic rings. The minimum atomic E-state index is 0.380. The third-order valence-corrected chi connectivity index (χ3v) is 4.58. The van der Waals surface area contributed by atoms with E-state index in [0.717, 1.165) is 5.69 Å². The Morgan fingerprint density at radius 3 is 2.50 bits per heavy atom. The van der Waals surface area contributed by atoms with Crippen LogP contribution in [0, 0.1) is 0 Å². The molecule has 76 valence electrons. The fourth-order valence-electron chi connectivity index (χ4n) is 2.21. The van der Waals surface area contributed by atoms with Crippen molar-refractivity contribution in [1.82, 2.24) is 0 Å². The van der Waals surface area contributed by atoms with Gasteiger partial charge in [-0.15, -0.1) is 0 Å². The lowest BCUT2D eigenvalue weighted by atomic mass is 9.91. The maximum atomic E-state index is 6.03. The van der Waals surface area contributed by atoms with Crippen LogP contribution in [0.1, 0.15) is 25.3 Å². The van der Waals surface area contributed by atoms with E-state index < -0.39 is 0 Å². The summed E-state index contributed by atoms with van der Waals surface area (Å²) in [5.74, 6) is 0. The second kappa shape index (κ2) is 3.50. The first-order valence-electron chi connectivity index (χ1n) is 5.08. The van der Waals surface area contributed by atoms with E-state index in [0.29, 0.717) is 10.7 Å². The van der Waals surface area contributed by atoms with Crippen LogP contribution in [0.2, 0.25) is 0 Å². The molecular weight excluding hydrogens is 190 g/mol. The van der Waals surface area contributed by atoms with Gasteiger partial charge in [-0.3, -0.25) is 0 Å². The fourth-order valence-corrected chi connectivity index (χ4v) is 3.02. The predicted octanol–water partition coefficient (Wildman–Crippen LogP) is 3.05. The summed E-state index contributed by atoms with van der Waals surface area (Å²) in [5, 5.41) is 0.673. The minimum absolute atomic E-state index is 0.380. The lowest BCUT2D eigenvalue weighted by Gasteiger charge is -2.23. The number of rotatable bonds is 3. The Kier molecular flexibility index (Phi) is 2.48. The van der Waals surface area contributed by atoms with Crippen LogP contribution in [0.25, 0.3) is 0 Å². The number of para-hydroxylation sites is 1. The number of nitrogens with two attached hydrogens (primary N) is 1. The van der Waals surface area contributed by atoms with Crippen LogP contribution in [0.5, 0.6) is 0 Å². The highest BCUT2D eigenvalue weighted by Gasteiger charge is 2.49. The summed E-state index contributed by atoms with van der Waals surface area (Å²) < 4.78 is 0.